The Morgan fingerprint density at radius 2 is 1.90 bits per heavy atom. The highest BCUT2D eigenvalue weighted by molar-refractivity contribution is 6.17. The molecule has 0 aromatic heterocycles. The van der Waals surface area contributed by atoms with Gasteiger partial charge < -0.3 is 0 Å². The first-order chi connectivity index (χ1) is 9.67. The van der Waals surface area contributed by atoms with Crippen molar-refractivity contribution in [3.63, 3.8) is 0 Å². The van der Waals surface area contributed by atoms with E-state index >= 15 is 0 Å². The van der Waals surface area contributed by atoms with Gasteiger partial charge in [0.05, 0.1) is 17.3 Å². The number of hydrogen-bond acceptors (Lipinski definition) is 3. The number of benzene rings is 1. The fourth-order valence-corrected chi connectivity index (χ4v) is 3.08. The molecular weight excluding hydrogens is 272 g/mol. The summed E-state index contributed by atoms with van der Waals surface area (Å²) in [6, 6.07) is 8.00. The molecule has 0 radical (unpaired) electrons. The van der Waals surface area contributed by atoms with Gasteiger partial charge in [0.2, 0.25) is 0 Å². The van der Waals surface area contributed by atoms with Gasteiger partial charge in [0, 0.05) is 18.7 Å². The molecule has 0 amide bonds. The van der Waals surface area contributed by atoms with Gasteiger partial charge in [-0.1, -0.05) is 31.2 Å². The van der Waals surface area contributed by atoms with Crippen molar-refractivity contribution in [1.29, 1.82) is 0 Å². The third-order valence-corrected chi connectivity index (χ3v) is 4.34. The highest BCUT2D eigenvalue weighted by atomic mass is 35.5. The number of halogens is 1. The van der Waals surface area contributed by atoms with E-state index in [1.807, 2.05) is 24.3 Å². The summed E-state index contributed by atoms with van der Waals surface area (Å²) in [6.45, 7) is 2.10. The molecule has 2 aliphatic rings. The number of Topliss-reactive ketones (excluding diaryl/α,β-unsaturated/α-hetero) is 1. The maximum absolute atomic E-state index is 12.2. The van der Waals surface area contributed by atoms with Crippen LogP contribution in [0.15, 0.2) is 34.5 Å². The predicted octanol–water partition coefficient (Wildman–Crippen LogP) is 3.59. The number of rotatable bonds is 2. The van der Waals surface area contributed by atoms with Crippen LogP contribution < -0.4 is 0 Å². The summed E-state index contributed by atoms with van der Waals surface area (Å²) in [7, 11) is 0. The van der Waals surface area contributed by atoms with Gasteiger partial charge in [0.15, 0.2) is 0 Å². The van der Waals surface area contributed by atoms with Crippen molar-refractivity contribution in [2.24, 2.45) is 22.0 Å². The van der Waals surface area contributed by atoms with Crippen molar-refractivity contribution in [2.45, 2.75) is 32.1 Å². The Morgan fingerprint density at radius 1 is 1.15 bits per heavy atom. The van der Waals surface area contributed by atoms with Crippen LogP contribution in [0.2, 0.25) is 0 Å². The van der Waals surface area contributed by atoms with Crippen LogP contribution in [0.5, 0.6) is 0 Å². The number of hydrogen-bond donors (Lipinski definition) is 0. The van der Waals surface area contributed by atoms with Crippen LogP contribution >= 0.6 is 11.6 Å². The van der Waals surface area contributed by atoms with Gasteiger partial charge >= 0.3 is 0 Å². The zero-order valence-electron chi connectivity index (χ0n) is 11.5. The van der Waals surface area contributed by atoms with E-state index in [4.69, 9.17) is 11.6 Å². The van der Waals surface area contributed by atoms with Crippen molar-refractivity contribution in [3.05, 3.63) is 35.4 Å². The lowest BCUT2D eigenvalue weighted by atomic mass is 9.77. The van der Waals surface area contributed by atoms with Crippen LogP contribution in [0, 0.1) is 11.8 Å². The van der Waals surface area contributed by atoms with E-state index in [2.05, 4.69) is 17.1 Å². The minimum atomic E-state index is -0.0496. The number of nitrogens with zero attached hydrogens (tertiary/aromatic N) is 2. The Hall–Kier alpha value is -1.48. The number of carbonyl (C=O) groups excluding carboxylic acids is 1. The second kappa shape index (κ2) is 5.49. The molecule has 1 fully saturated rings. The molecule has 1 heterocycles. The van der Waals surface area contributed by atoms with Gasteiger partial charge in [-0.05, 0) is 23.5 Å². The predicted molar refractivity (Wildman–Crippen MR) is 81.5 cm³/mol. The normalized spacial score (nSPS) is 25.8. The fourth-order valence-electron chi connectivity index (χ4n) is 2.91. The minimum Gasteiger partial charge on any atom is -0.299 e. The molecule has 0 N–H and O–H groups in total. The minimum absolute atomic E-state index is 0.0496. The molecule has 104 valence electrons. The summed E-state index contributed by atoms with van der Waals surface area (Å²) in [6.07, 6.45) is 2.26. The topological polar surface area (TPSA) is 41.8 Å². The quantitative estimate of drug-likeness (QED) is 0.767. The third kappa shape index (κ3) is 2.55. The molecule has 0 bridgehead atoms. The van der Waals surface area contributed by atoms with E-state index in [9.17, 15) is 4.79 Å². The van der Waals surface area contributed by atoms with Crippen LogP contribution in [0.1, 0.15) is 37.3 Å². The molecule has 1 aromatic rings. The van der Waals surface area contributed by atoms with Gasteiger partial charge in [-0.15, -0.1) is 11.6 Å². The second-order valence-corrected chi connectivity index (χ2v) is 5.97. The molecule has 1 aliphatic heterocycles. The number of carbonyl (C=O) groups is 1. The summed E-state index contributed by atoms with van der Waals surface area (Å²) in [5.41, 5.74) is 3.99. The van der Waals surface area contributed by atoms with E-state index < -0.39 is 0 Å². The average Bonchev–Trinajstić information content (AvgIpc) is 2.47. The largest absolute Gasteiger partial charge is 0.299 e. The first kappa shape index (κ1) is 13.5. The SMILES string of the molecule is CC1CC(=O)C2CC(c3ccc(CCl)cc3)=NN=C2C1. The zero-order chi connectivity index (χ0) is 14.1. The molecule has 3 rings (SSSR count). The number of ketones is 1. The van der Waals surface area contributed by atoms with Crippen molar-refractivity contribution < 1.29 is 4.79 Å². The van der Waals surface area contributed by atoms with Crippen molar-refractivity contribution in [1.82, 2.24) is 0 Å². The Bertz CT molecular complexity index is 589. The molecule has 20 heavy (non-hydrogen) atoms. The Labute approximate surface area is 123 Å². The lowest BCUT2D eigenvalue weighted by molar-refractivity contribution is -0.122. The standard InChI is InChI=1S/C16H17ClN2O/c1-10-6-15-13(16(20)7-10)8-14(18-19-15)12-4-2-11(9-17)3-5-12/h2-5,10,13H,6-9H2,1H3. The van der Waals surface area contributed by atoms with Gasteiger partial charge in [-0.25, -0.2) is 0 Å². The molecule has 2 atom stereocenters. The molecular formula is C16H17ClN2O. The van der Waals surface area contributed by atoms with Crippen molar-refractivity contribution >= 4 is 28.8 Å². The van der Waals surface area contributed by atoms with Crippen LogP contribution in [0.4, 0.5) is 0 Å². The van der Waals surface area contributed by atoms with E-state index in [1.54, 1.807) is 0 Å². The summed E-state index contributed by atoms with van der Waals surface area (Å²) in [5.74, 6) is 1.17. The lowest BCUT2D eigenvalue weighted by Gasteiger charge is -2.29. The molecule has 0 saturated heterocycles. The maximum Gasteiger partial charge on any atom is 0.142 e. The second-order valence-electron chi connectivity index (χ2n) is 5.71. The Morgan fingerprint density at radius 3 is 2.60 bits per heavy atom. The van der Waals surface area contributed by atoms with Gasteiger partial charge in [-0.2, -0.15) is 10.2 Å². The van der Waals surface area contributed by atoms with Crippen LogP contribution in [0.3, 0.4) is 0 Å². The monoisotopic (exact) mass is 288 g/mol. The summed E-state index contributed by atoms with van der Waals surface area (Å²) >= 11 is 5.79. The van der Waals surface area contributed by atoms with Crippen LogP contribution in [0.25, 0.3) is 0 Å². The van der Waals surface area contributed by atoms with Crippen LogP contribution in [-0.2, 0) is 10.7 Å². The number of fused-ring (bicyclic) bond motifs is 1. The van der Waals surface area contributed by atoms with Gasteiger partial charge in [-0.3, -0.25) is 4.79 Å². The fraction of sp³-hybridized carbons (Fsp3) is 0.438. The Balaban J connectivity index is 1.87. The molecule has 0 spiro atoms. The van der Waals surface area contributed by atoms with Crippen molar-refractivity contribution in [2.75, 3.05) is 0 Å². The molecule has 1 aromatic carbocycles. The van der Waals surface area contributed by atoms with E-state index in [1.165, 1.54) is 0 Å². The highest BCUT2D eigenvalue weighted by Crippen LogP contribution is 2.30. The average molecular weight is 289 g/mol. The molecule has 4 heteroatoms. The van der Waals surface area contributed by atoms with E-state index in [0.29, 0.717) is 30.4 Å². The first-order valence-electron chi connectivity index (χ1n) is 6.98. The summed E-state index contributed by atoms with van der Waals surface area (Å²) < 4.78 is 0. The van der Waals surface area contributed by atoms with Gasteiger partial charge in [0.1, 0.15) is 5.78 Å². The smallest absolute Gasteiger partial charge is 0.142 e. The zero-order valence-corrected chi connectivity index (χ0v) is 12.2. The molecule has 1 saturated carbocycles. The van der Waals surface area contributed by atoms with Gasteiger partial charge in [0.25, 0.3) is 0 Å². The van der Waals surface area contributed by atoms with Crippen molar-refractivity contribution in [3.8, 4) is 0 Å². The van der Waals surface area contributed by atoms with E-state index in [0.717, 1.165) is 29.0 Å². The summed E-state index contributed by atoms with van der Waals surface area (Å²) in [5, 5.41) is 8.64. The molecule has 2 unspecified atom stereocenters. The first-order valence-corrected chi connectivity index (χ1v) is 7.52. The molecule has 1 aliphatic carbocycles. The third-order valence-electron chi connectivity index (χ3n) is 4.04. The lowest BCUT2D eigenvalue weighted by Crippen LogP contribution is -2.36. The maximum atomic E-state index is 12.2. The van der Waals surface area contributed by atoms with Crippen LogP contribution in [-0.4, -0.2) is 17.2 Å². The van der Waals surface area contributed by atoms with E-state index in [-0.39, 0.29) is 5.92 Å². The Kier molecular flexibility index (Phi) is 3.70. The highest BCUT2D eigenvalue weighted by Gasteiger charge is 2.34. The summed E-state index contributed by atoms with van der Waals surface area (Å²) in [4.78, 5) is 12.2. The number of alkyl halides is 1. The molecule has 3 nitrogen and oxygen atoms in total.